The molecule has 0 bridgehead atoms. The van der Waals surface area contributed by atoms with Gasteiger partial charge < -0.3 is 19.7 Å². The number of ketones is 1. The normalized spacial score (nSPS) is 29.5. The van der Waals surface area contributed by atoms with E-state index in [1.807, 2.05) is 12.2 Å². The molecule has 5 nitrogen and oxygen atoms in total. The topological polar surface area (TPSA) is 76.0 Å². The summed E-state index contributed by atoms with van der Waals surface area (Å²) in [6, 6.07) is 0. The zero-order chi connectivity index (χ0) is 29.0. The highest BCUT2D eigenvalue weighted by molar-refractivity contribution is 5.90. The number of rotatable bonds is 2. The maximum absolute atomic E-state index is 13.2. The molecule has 210 valence electrons. The van der Waals surface area contributed by atoms with Crippen LogP contribution in [0, 0.1) is 33.5 Å². The van der Waals surface area contributed by atoms with Gasteiger partial charge in [0.05, 0.1) is 12.0 Å². The fraction of sp³-hybridized carbons (Fsp3) is 0.606. The quantitative estimate of drug-likeness (QED) is 0.401. The van der Waals surface area contributed by atoms with Gasteiger partial charge in [0.25, 0.3) is 0 Å². The second-order valence-electron chi connectivity index (χ2n) is 15.0. The first-order valence-electron chi connectivity index (χ1n) is 13.7. The van der Waals surface area contributed by atoms with Gasteiger partial charge >= 0.3 is 0 Å². The van der Waals surface area contributed by atoms with Crippen LogP contribution in [0.4, 0.5) is 0 Å². The summed E-state index contributed by atoms with van der Waals surface area (Å²) in [7, 11) is 0. The zero-order valence-electron chi connectivity index (χ0n) is 25.4. The SMILES string of the molecule is CC(C)(C)C1=C/C(=C/C2C(=O)C(O)C(/C=C3/C=C(C(C)(C)C)C=C(C(C)(C)C)O3)C2O)OC(C(C)(C)C)=C1. The average Bonchev–Trinajstić information content (AvgIpc) is 2.94. The Morgan fingerprint density at radius 1 is 0.632 bits per heavy atom. The Kier molecular flexibility index (Phi) is 7.93. The van der Waals surface area contributed by atoms with Crippen LogP contribution in [0.2, 0.25) is 0 Å². The third kappa shape index (κ3) is 6.60. The molecule has 2 aliphatic heterocycles. The van der Waals surface area contributed by atoms with Crippen molar-refractivity contribution in [1.82, 2.24) is 0 Å². The Morgan fingerprint density at radius 3 is 1.39 bits per heavy atom. The van der Waals surface area contributed by atoms with Crippen molar-refractivity contribution in [2.45, 2.75) is 95.3 Å². The molecule has 3 rings (SSSR count). The number of hydrogen-bond donors (Lipinski definition) is 2. The van der Waals surface area contributed by atoms with Crippen molar-refractivity contribution < 1.29 is 24.5 Å². The largest absolute Gasteiger partial charge is 0.461 e. The lowest BCUT2D eigenvalue weighted by molar-refractivity contribution is -0.127. The number of carbonyl (C=O) groups is 1. The van der Waals surface area contributed by atoms with E-state index in [2.05, 4.69) is 95.2 Å². The van der Waals surface area contributed by atoms with Gasteiger partial charge in [0.15, 0.2) is 5.78 Å². The molecule has 3 aliphatic rings. The second kappa shape index (κ2) is 9.98. The molecule has 0 spiro atoms. The van der Waals surface area contributed by atoms with Crippen LogP contribution in [0.3, 0.4) is 0 Å². The Balaban J connectivity index is 1.98. The van der Waals surface area contributed by atoms with Gasteiger partial charge in [-0.05, 0) is 58.4 Å². The van der Waals surface area contributed by atoms with Crippen LogP contribution in [0.5, 0.6) is 0 Å². The lowest BCUT2D eigenvalue weighted by Gasteiger charge is -2.32. The van der Waals surface area contributed by atoms with Gasteiger partial charge in [0, 0.05) is 16.7 Å². The number of hydrogen-bond acceptors (Lipinski definition) is 5. The minimum Gasteiger partial charge on any atom is -0.461 e. The Hall–Kier alpha value is -2.37. The van der Waals surface area contributed by atoms with Gasteiger partial charge in [0.1, 0.15) is 29.1 Å². The van der Waals surface area contributed by atoms with Crippen molar-refractivity contribution in [3.8, 4) is 0 Å². The van der Waals surface area contributed by atoms with Gasteiger partial charge in [0.2, 0.25) is 0 Å². The maximum atomic E-state index is 13.2. The van der Waals surface area contributed by atoms with Crippen molar-refractivity contribution in [2.75, 3.05) is 0 Å². The minimum absolute atomic E-state index is 0.122. The van der Waals surface area contributed by atoms with E-state index in [0.29, 0.717) is 11.5 Å². The standard InChI is InChI=1S/C33H48O5/c1-30(2,3)19-13-21(37-25(15-19)32(7,8)9)17-23-27(34)24(29(36)28(23)35)18-22-14-20(31(4,5)6)16-26(38-22)33(10,11)12/h13-18,23-24,27-28,34-35H,1-12H3/b21-17-,22-18-. The molecule has 1 fully saturated rings. The van der Waals surface area contributed by atoms with E-state index in [0.717, 1.165) is 22.7 Å². The molecule has 1 aliphatic carbocycles. The lowest BCUT2D eigenvalue weighted by atomic mass is 9.81. The van der Waals surface area contributed by atoms with E-state index in [-0.39, 0.29) is 21.7 Å². The molecular formula is C33H48O5. The van der Waals surface area contributed by atoms with Crippen LogP contribution in [0.1, 0.15) is 83.1 Å². The van der Waals surface area contributed by atoms with E-state index in [4.69, 9.17) is 9.47 Å². The Labute approximate surface area is 229 Å². The number of ether oxygens (including phenoxy) is 2. The summed E-state index contributed by atoms with van der Waals surface area (Å²) >= 11 is 0. The number of Topliss-reactive ketones (excluding diaryl/α,β-unsaturated/α-hetero) is 1. The molecule has 0 radical (unpaired) electrons. The second-order valence-corrected chi connectivity index (χ2v) is 15.0. The lowest BCUT2D eigenvalue weighted by Crippen LogP contribution is -2.25. The van der Waals surface area contributed by atoms with Gasteiger partial charge in [-0.3, -0.25) is 4.79 Å². The van der Waals surface area contributed by atoms with Crippen LogP contribution in [-0.2, 0) is 14.3 Å². The van der Waals surface area contributed by atoms with E-state index in [1.165, 1.54) is 0 Å². The molecule has 0 amide bonds. The van der Waals surface area contributed by atoms with Crippen molar-refractivity contribution in [2.24, 2.45) is 33.5 Å². The highest BCUT2D eigenvalue weighted by Gasteiger charge is 2.47. The predicted octanol–water partition coefficient (Wildman–Crippen LogP) is 7.16. The summed E-state index contributed by atoms with van der Waals surface area (Å²) in [6.45, 7) is 25.3. The molecule has 2 N–H and O–H groups in total. The molecule has 0 aromatic rings. The van der Waals surface area contributed by atoms with Gasteiger partial charge in [-0.25, -0.2) is 0 Å². The van der Waals surface area contributed by atoms with Crippen molar-refractivity contribution >= 4 is 5.78 Å². The van der Waals surface area contributed by atoms with Crippen molar-refractivity contribution in [1.29, 1.82) is 0 Å². The van der Waals surface area contributed by atoms with Crippen LogP contribution >= 0.6 is 0 Å². The summed E-state index contributed by atoms with van der Waals surface area (Å²) in [5.74, 6) is 0.535. The number of aliphatic hydroxyl groups is 2. The van der Waals surface area contributed by atoms with Crippen LogP contribution in [0.15, 0.2) is 70.6 Å². The Bertz CT molecular complexity index is 1140. The first-order chi connectivity index (χ1) is 17.1. The van der Waals surface area contributed by atoms with Gasteiger partial charge in [-0.1, -0.05) is 83.1 Å². The predicted molar refractivity (Wildman–Crippen MR) is 152 cm³/mol. The van der Waals surface area contributed by atoms with Crippen LogP contribution in [-0.4, -0.2) is 28.2 Å². The zero-order valence-corrected chi connectivity index (χ0v) is 25.4. The van der Waals surface area contributed by atoms with E-state index in [1.54, 1.807) is 12.2 Å². The molecule has 0 aromatic carbocycles. The third-order valence-corrected chi connectivity index (χ3v) is 7.28. The smallest absolute Gasteiger partial charge is 0.171 e. The summed E-state index contributed by atoms with van der Waals surface area (Å²) in [5, 5.41) is 22.2. The highest BCUT2D eigenvalue weighted by Crippen LogP contribution is 2.42. The first-order valence-corrected chi connectivity index (χ1v) is 13.7. The molecule has 0 aromatic heterocycles. The van der Waals surface area contributed by atoms with Gasteiger partial charge in [-0.15, -0.1) is 0 Å². The number of allylic oxidation sites excluding steroid dienone is 8. The van der Waals surface area contributed by atoms with Crippen LogP contribution < -0.4 is 0 Å². The monoisotopic (exact) mass is 524 g/mol. The fourth-order valence-electron chi connectivity index (χ4n) is 4.53. The average molecular weight is 525 g/mol. The van der Waals surface area contributed by atoms with Crippen molar-refractivity contribution in [3.05, 3.63) is 70.6 Å². The summed E-state index contributed by atoms with van der Waals surface area (Å²) in [6.07, 6.45) is 8.90. The summed E-state index contributed by atoms with van der Waals surface area (Å²) in [4.78, 5) is 13.2. The van der Waals surface area contributed by atoms with E-state index >= 15 is 0 Å². The maximum Gasteiger partial charge on any atom is 0.171 e. The molecule has 0 saturated heterocycles. The molecule has 4 unspecified atom stereocenters. The van der Waals surface area contributed by atoms with Gasteiger partial charge in [-0.2, -0.15) is 0 Å². The molecule has 38 heavy (non-hydrogen) atoms. The molecule has 5 heteroatoms. The van der Waals surface area contributed by atoms with E-state index in [9.17, 15) is 15.0 Å². The van der Waals surface area contributed by atoms with Crippen LogP contribution in [0.25, 0.3) is 0 Å². The summed E-state index contributed by atoms with van der Waals surface area (Å²) < 4.78 is 12.4. The molecular weight excluding hydrogens is 476 g/mol. The fourth-order valence-corrected chi connectivity index (χ4v) is 4.53. The van der Waals surface area contributed by atoms with E-state index < -0.39 is 29.8 Å². The third-order valence-electron chi connectivity index (χ3n) is 7.28. The molecule has 1 saturated carbocycles. The number of aliphatic hydroxyl groups excluding tert-OH is 2. The summed E-state index contributed by atoms with van der Waals surface area (Å²) in [5.41, 5.74) is 1.45. The first kappa shape index (κ1) is 30.2. The molecule has 4 atom stereocenters. The highest BCUT2D eigenvalue weighted by atomic mass is 16.5. The molecule has 2 heterocycles. The number of carbonyl (C=O) groups excluding carboxylic acids is 1. The van der Waals surface area contributed by atoms with Crippen molar-refractivity contribution in [3.63, 3.8) is 0 Å². The Morgan fingerprint density at radius 2 is 1.03 bits per heavy atom. The minimum atomic E-state index is -1.34.